The van der Waals surface area contributed by atoms with Gasteiger partial charge < -0.3 is 25.4 Å². The zero-order valence-electron chi connectivity index (χ0n) is 32.3. The second kappa shape index (κ2) is 17.7. The zero-order chi connectivity index (χ0) is 40.6. The Morgan fingerprint density at radius 3 is 2.44 bits per heavy atom. The number of urea groups is 1. The molecule has 13 nitrogen and oxygen atoms in total. The van der Waals surface area contributed by atoms with Gasteiger partial charge in [0.05, 0.1) is 30.3 Å². The van der Waals surface area contributed by atoms with Crippen molar-refractivity contribution in [3.63, 3.8) is 0 Å². The van der Waals surface area contributed by atoms with Crippen LogP contribution in [0.3, 0.4) is 0 Å². The van der Waals surface area contributed by atoms with Crippen molar-refractivity contribution in [3.8, 4) is 40.9 Å². The smallest absolute Gasteiger partial charge is 0.324 e. The topological polar surface area (TPSA) is 148 Å². The molecule has 1 aliphatic rings. The Kier molecular flexibility index (Phi) is 11.5. The normalized spacial score (nSPS) is 12.7. The van der Waals surface area contributed by atoms with Crippen LogP contribution in [0.15, 0.2) is 128 Å². The molecule has 8 rings (SSSR count). The van der Waals surface area contributed by atoms with Crippen LogP contribution in [0.1, 0.15) is 21.5 Å². The number of ether oxygens (including phenoxy) is 2. The molecule has 7 aromatic rings. The summed E-state index contributed by atoms with van der Waals surface area (Å²) in [6, 6.07) is 37.1. The highest BCUT2D eigenvalue weighted by molar-refractivity contribution is 6.07. The van der Waals surface area contributed by atoms with E-state index in [0.29, 0.717) is 53.8 Å². The van der Waals surface area contributed by atoms with Crippen LogP contribution in [-0.2, 0) is 4.74 Å². The van der Waals surface area contributed by atoms with Crippen molar-refractivity contribution < 1.29 is 19.1 Å². The molecule has 0 bridgehead atoms. The van der Waals surface area contributed by atoms with E-state index in [0.717, 1.165) is 52.9 Å². The molecule has 0 unspecified atom stereocenters. The van der Waals surface area contributed by atoms with Gasteiger partial charge in [-0.3, -0.25) is 15.0 Å². The van der Waals surface area contributed by atoms with E-state index in [9.17, 15) is 9.59 Å². The Labute approximate surface area is 341 Å². The number of anilines is 4. The SMILES string of the molecule is C#Cc1cc(Nc2nccc(Oc3ccc(NC(=O)Nc4cc(-c5ccccc5)nn4-c4ccc(C)cc4)c4ccccc34)n2)cc(C(=O)NCCN2CCOCC2)c1. The molecule has 294 valence electrons. The standard InChI is InChI=1S/C46H41N9O4/c1-3-32-27-34(44(56)47-21-22-54-23-25-58-26-24-54)29-35(28-32)49-45-48-20-19-43(52-45)59-41-18-17-39(37-11-7-8-12-38(37)41)50-46(57)51-42-30-40(33-9-5-4-6-10-33)53-55(42)36-15-13-31(2)14-16-36/h1,4-20,27-30H,21-26H2,2H3,(H,47,56)(H,48,49,52)(H2,50,51,57). The molecule has 1 fully saturated rings. The Bertz CT molecular complexity index is 2650. The van der Waals surface area contributed by atoms with Gasteiger partial charge in [0.2, 0.25) is 11.8 Å². The Hall–Kier alpha value is -7.53. The van der Waals surface area contributed by atoms with Crippen molar-refractivity contribution in [3.05, 3.63) is 144 Å². The van der Waals surface area contributed by atoms with Gasteiger partial charge in [0.15, 0.2) is 0 Å². The third kappa shape index (κ3) is 9.37. The number of carbonyl (C=O) groups excluding carboxylic acids is 2. The number of nitrogens with zero attached hydrogens (tertiary/aromatic N) is 5. The van der Waals surface area contributed by atoms with Crippen LogP contribution in [0.4, 0.5) is 27.9 Å². The third-order valence-electron chi connectivity index (χ3n) is 9.71. The average Bonchev–Trinajstić information content (AvgIpc) is 3.68. The number of terminal acetylenes is 1. The molecule has 1 aliphatic heterocycles. The summed E-state index contributed by atoms with van der Waals surface area (Å²) in [5.41, 5.74) is 5.65. The lowest BCUT2D eigenvalue weighted by Gasteiger charge is -2.26. The number of hydrogen-bond acceptors (Lipinski definition) is 9. The van der Waals surface area contributed by atoms with E-state index in [1.54, 1.807) is 47.3 Å². The van der Waals surface area contributed by atoms with Crippen molar-refractivity contribution in [2.45, 2.75) is 6.92 Å². The lowest BCUT2D eigenvalue weighted by molar-refractivity contribution is 0.0383. The molecule has 3 amide bonds. The summed E-state index contributed by atoms with van der Waals surface area (Å²) in [6.45, 7) is 6.34. The number of fused-ring (bicyclic) bond motifs is 1. The van der Waals surface area contributed by atoms with Gasteiger partial charge in [0.1, 0.15) is 11.6 Å². The van der Waals surface area contributed by atoms with Gasteiger partial charge >= 0.3 is 6.03 Å². The first-order valence-corrected chi connectivity index (χ1v) is 19.2. The minimum atomic E-state index is -0.439. The summed E-state index contributed by atoms with van der Waals surface area (Å²) in [4.78, 5) is 37.9. The fourth-order valence-electron chi connectivity index (χ4n) is 6.71. The Morgan fingerprint density at radius 2 is 1.64 bits per heavy atom. The molecule has 4 N–H and O–H groups in total. The fraction of sp³-hybridized carbons (Fsp3) is 0.152. The van der Waals surface area contributed by atoms with Crippen molar-refractivity contribution in [1.82, 2.24) is 30.0 Å². The first kappa shape index (κ1) is 38.3. The maximum Gasteiger partial charge on any atom is 0.324 e. The molecule has 1 saturated heterocycles. The number of aromatic nitrogens is 4. The van der Waals surface area contributed by atoms with Gasteiger partial charge in [0, 0.05) is 77.7 Å². The lowest BCUT2D eigenvalue weighted by atomic mass is 10.1. The van der Waals surface area contributed by atoms with Crippen molar-refractivity contribution in [2.75, 3.05) is 55.3 Å². The van der Waals surface area contributed by atoms with E-state index in [-0.39, 0.29) is 17.7 Å². The van der Waals surface area contributed by atoms with Gasteiger partial charge in [-0.05, 0) is 49.4 Å². The molecule has 0 atom stereocenters. The van der Waals surface area contributed by atoms with E-state index in [2.05, 4.69) is 42.1 Å². The van der Waals surface area contributed by atoms with Gasteiger partial charge in [-0.1, -0.05) is 78.2 Å². The number of hydrogen-bond donors (Lipinski definition) is 4. The van der Waals surface area contributed by atoms with Crippen LogP contribution < -0.4 is 26.0 Å². The molecular weight excluding hydrogens is 743 g/mol. The summed E-state index contributed by atoms with van der Waals surface area (Å²) in [5, 5.41) is 18.5. The molecular formula is C46H41N9O4. The number of benzene rings is 5. The van der Waals surface area contributed by atoms with Gasteiger partial charge in [-0.25, -0.2) is 14.5 Å². The second-order valence-corrected chi connectivity index (χ2v) is 13.9. The highest BCUT2D eigenvalue weighted by atomic mass is 16.5. The van der Waals surface area contributed by atoms with Crippen LogP contribution in [0.2, 0.25) is 0 Å². The molecule has 3 heterocycles. The molecule has 0 radical (unpaired) electrons. The number of aryl methyl sites for hydroxylation is 1. The molecule has 59 heavy (non-hydrogen) atoms. The third-order valence-corrected chi connectivity index (χ3v) is 9.71. The van der Waals surface area contributed by atoms with Crippen molar-refractivity contribution in [1.29, 1.82) is 0 Å². The lowest BCUT2D eigenvalue weighted by Crippen LogP contribution is -2.41. The summed E-state index contributed by atoms with van der Waals surface area (Å²) < 4.78 is 13.4. The molecule has 13 heteroatoms. The number of rotatable bonds is 12. The minimum absolute atomic E-state index is 0.232. The second-order valence-electron chi connectivity index (χ2n) is 13.9. The Balaban J connectivity index is 0.967. The quantitative estimate of drug-likeness (QED) is 0.0905. The van der Waals surface area contributed by atoms with Crippen LogP contribution in [0.5, 0.6) is 11.6 Å². The summed E-state index contributed by atoms with van der Waals surface area (Å²) >= 11 is 0. The van der Waals surface area contributed by atoms with Crippen LogP contribution in [0, 0.1) is 19.3 Å². The van der Waals surface area contributed by atoms with Gasteiger partial charge in [0.25, 0.3) is 5.91 Å². The van der Waals surface area contributed by atoms with Crippen LogP contribution in [-0.4, -0.2) is 76.0 Å². The van der Waals surface area contributed by atoms with E-state index in [1.165, 1.54) is 0 Å². The van der Waals surface area contributed by atoms with Gasteiger partial charge in [-0.15, -0.1) is 6.42 Å². The highest BCUT2D eigenvalue weighted by Crippen LogP contribution is 2.35. The summed E-state index contributed by atoms with van der Waals surface area (Å²) in [6.07, 6.45) is 7.32. The van der Waals surface area contributed by atoms with E-state index in [1.807, 2.05) is 91.9 Å². The molecule has 0 aliphatic carbocycles. The van der Waals surface area contributed by atoms with Crippen molar-refractivity contribution in [2.24, 2.45) is 0 Å². The number of amides is 3. The van der Waals surface area contributed by atoms with Crippen LogP contribution >= 0.6 is 0 Å². The maximum absolute atomic E-state index is 13.6. The Morgan fingerprint density at radius 1 is 0.864 bits per heavy atom. The molecule has 5 aromatic carbocycles. The minimum Gasteiger partial charge on any atom is -0.438 e. The first-order valence-electron chi connectivity index (χ1n) is 19.2. The molecule has 0 saturated carbocycles. The molecule has 2 aromatic heterocycles. The fourth-order valence-corrected chi connectivity index (χ4v) is 6.71. The largest absolute Gasteiger partial charge is 0.438 e. The molecule has 0 spiro atoms. The number of carbonyl (C=O) groups is 2. The first-order chi connectivity index (χ1) is 28.9. The van der Waals surface area contributed by atoms with E-state index < -0.39 is 6.03 Å². The van der Waals surface area contributed by atoms with Crippen molar-refractivity contribution >= 4 is 45.9 Å². The van der Waals surface area contributed by atoms with Crippen LogP contribution in [0.25, 0.3) is 27.7 Å². The van der Waals surface area contributed by atoms with E-state index >= 15 is 0 Å². The zero-order valence-corrected chi connectivity index (χ0v) is 32.3. The maximum atomic E-state index is 13.6. The average molecular weight is 784 g/mol. The summed E-state index contributed by atoms with van der Waals surface area (Å²) in [7, 11) is 0. The highest BCUT2D eigenvalue weighted by Gasteiger charge is 2.17. The monoisotopic (exact) mass is 783 g/mol. The van der Waals surface area contributed by atoms with E-state index in [4.69, 9.17) is 21.0 Å². The predicted molar refractivity (Wildman–Crippen MR) is 230 cm³/mol. The predicted octanol–water partition coefficient (Wildman–Crippen LogP) is 8.01. The summed E-state index contributed by atoms with van der Waals surface area (Å²) in [5.74, 6) is 3.94. The number of nitrogens with one attached hydrogen (secondary N) is 4. The number of morpholine rings is 1. The van der Waals surface area contributed by atoms with Gasteiger partial charge in [-0.2, -0.15) is 10.1 Å².